The predicted molar refractivity (Wildman–Crippen MR) is 109 cm³/mol. The zero-order valence-corrected chi connectivity index (χ0v) is 18.4. The molecule has 7 heteroatoms. The van der Waals surface area contributed by atoms with Crippen molar-refractivity contribution in [3.63, 3.8) is 0 Å². The molecule has 3 saturated heterocycles. The monoisotopic (exact) mass is 394 g/mol. The zero-order valence-electron chi connectivity index (χ0n) is 18.4. The molecule has 7 nitrogen and oxygen atoms in total. The Balaban J connectivity index is 1.54. The third-order valence-electron chi connectivity index (χ3n) is 6.37. The van der Waals surface area contributed by atoms with Crippen molar-refractivity contribution in [3.8, 4) is 0 Å². The molecule has 0 aromatic carbocycles. The zero-order chi connectivity index (χ0) is 20.5. The Morgan fingerprint density at radius 1 is 0.821 bits per heavy atom. The average Bonchev–Trinajstić information content (AvgIpc) is 2.65. The number of hydrogen-bond donors (Lipinski definition) is 0. The van der Waals surface area contributed by atoms with Crippen LogP contribution in [0.15, 0.2) is 0 Å². The Kier molecular flexibility index (Phi) is 6.25. The first-order valence-corrected chi connectivity index (χ1v) is 10.8. The molecule has 0 saturated carbocycles. The van der Waals surface area contributed by atoms with Crippen LogP contribution in [-0.4, -0.2) is 101 Å². The number of carbonyl (C=O) groups excluding carboxylic acids is 2. The molecule has 2 amide bonds. The van der Waals surface area contributed by atoms with E-state index in [1.807, 2.05) is 34.6 Å². The summed E-state index contributed by atoms with van der Waals surface area (Å²) in [4.78, 5) is 34.3. The standard InChI is InChI=1S/C21H38N4O3/c1-20(2,3)28-19(27)23-12-14-25(15-13-23)21(4,5)18(26)24-11-10-22-9-7-6-8-17(22)16-24/h17H,6-16H2,1-5H3/t17-/m0/s1. The van der Waals surface area contributed by atoms with Crippen molar-refractivity contribution >= 4 is 12.0 Å². The summed E-state index contributed by atoms with van der Waals surface area (Å²) in [6.07, 6.45) is 3.51. The summed E-state index contributed by atoms with van der Waals surface area (Å²) in [6.45, 7) is 16.2. The first-order chi connectivity index (χ1) is 13.1. The first-order valence-electron chi connectivity index (χ1n) is 10.8. The normalized spacial score (nSPS) is 25.4. The van der Waals surface area contributed by atoms with Gasteiger partial charge in [-0.05, 0) is 54.0 Å². The number of hydrogen-bond acceptors (Lipinski definition) is 5. The number of rotatable bonds is 2. The van der Waals surface area contributed by atoms with Gasteiger partial charge in [0.25, 0.3) is 0 Å². The van der Waals surface area contributed by atoms with Crippen LogP contribution in [0.2, 0.25) is 0 Å². The van der Waals surface area contributed by atoms with Gasteiger partial charge < -0.3 is 14.5 Å². The maximum absolute atomic E-state index is 13.4. The molecule has 3 aliphatic heterocycles. The number of ether oxygens (including phenoxy) is 1. The lowest BCUT2D eigenvalue weighted by molar-refractivity contribution is -0.147. The maximum Gasteiger partial charge on any atom is 0.410 e. The Morgan fingerprint density at radius 2 is 1.46 bits per heavy atom. The summed E-state index contributed by atoms with van der Waals surface area (Å²) in [5.74, 6) is 0.225. The Labute approximate surface area is 169 Å². The highest BCUT2D eigenvalue weighted by Crippen LogP contribution is 2.26. The summed E-state index contributed by atoms with van der Waals surface area (Å²) in [6, 6.07) is 0.534. The lowest BCUT2D eigenvalue weighted by Crippen LogP contribution is -2.65. The molecule has 3 aliphatic rings. The quantitative estimate of drug-likeness (QED) is 0.717. The lowest BCUT2D eigenvalue weighted by atomic mass is 9.95. The smallest absolute Gasteiger partial charge is 0.410 e. The Hall–Kier alpha value is -1.34. The van der Waals surface area contributed by atoms with E-state index in [0.717, 1.165) is 19.6 Å². The molecule has 0 unspecified atom stereocenters. The van der Waals surface area contributed by atoms with Crippen molar-refractivity contribution in [2.45, 2.75) is 71.1 Å². The van der Waals surface area contributed by atoms with Gasteiger partial charge in [-0.15, -0.1) is 0 Å². The van der Waals surface area contributed by atoms with Crippen LogP contribution in [0.1, 0.15) is 53.9 Å². The predicted octanol–water partition coefficient (Wildman–Crippen LogP) is 2.01. The molecule has 1 atom stereocenters. The van der Waals surface area contributed by atoms with Crippen molar-refractivity contribution < 1.29 is 14.3 Å². The third-order valence-corrected chi connectivity index (χ3v) is 6.37. The van der Waals surface area contributed by atoms with Gasteiger partial charge in [-0.1, -0.05) is 6.42 Å². The largest absolute Gasteiger partial charge is 0.444 e. The van der Waals surface area contributed by atoms with Crippen LogP contribution < -0.4 is 0 Å². The van der Waals surface area contributed by atoms with Gasteiger partial charge in [-0.25, -0.2) is 4.79 Å². The highest BCUT2D eigenvalue weighted by molar-refractivity contribution is 5.85. The number of carbonyl (C=O) groups is 2. The van der Waals surface area contributed by atoms with E-state index < -0.39 is 11.1 Å². The van der Waals surface area contributed by atoms with E-state index in [2.05, 4.69) is 14.7 Å². The van der Waals surface area contributed by atoms with Gasteiger partial charge in [0, 0.05) is 51.9 Å². The van der Waals surface area contributed by atoms with E-state index >= 15 is 0 Å². The molecule has 28 heavy (non-hydrogen) atoms. The van der Waals surface area contributed by atoms with Gasteiger partial charge in [0.1, 0.15) is 5.60 Å². The fourth-order valence-electron chi connectivity index (χ4n) is 4.64. The number of fused-ring (bicyclic) bond motifs is 1. The van der Waals surface area contributed by atoms with E-state index in [0.29, 0.717) is 32.2 Å². The van der Waals surface area contributed by atoms with Crippen molar-refractivity contribution in [1.29, 1.82) is 0 Å². The van der Waals surface area contributed by atoms with Crippen molar-refractivity contribution in [2.24, 2.45) is 0 Å². The molecule has 0 bridgehead atoms. The molecular formula is C21H38N4O3. The van der Waals surface area contributed by atoms with Crippen molar-refractivity contribution in [1.82, 2.24) is 19.6 Å². The molecular weight excluding hydrogens is 356 g/mol. The molecule has 0 N–H and O–H groups in total. The number of amides is 2. The molecule has 0 aromatic rings. The topological polar surface area (TPSA) is 56.3 Å². The SMILES string of the molecule is CC(C)(C)OC(=O)N1CCN(C(C)(C)C(=O)N2CCN3CCCC[C@H]3C2)CC1. The molecule has 0 aromatic heterocycles. The number of piperazine rings is 2. The minimum atomic E-state index is -0.545. The van der Waals surface area contributed by atoms with Crippen LogP contribution in [0, 0.1) is 0 Å². The average molecular weight is 395 g/mol. The van der Waals surface area contributed by atoms with Crippen LogP contribution >= 0.6 is 0 Å². The fourth-order valence-corrected chi connectivity index (χ4v) is 4.64. The van der Waals surface area contributed by atoms with Crippen molar-refractivity contribution in [3.05, 3.63) is 0 Å². The van der Waals surface area contributed by atoms with Gasteiger partial charge in [0.2, 0.25) is 5.91 Å². The number of nitrogens with zero attached hydrogens (tertiary/aromatic N) is 4. The highest BCUT2D eigenvalue weighted by Gasteiger charge is 2.42. The Morgan fingerprint density at radius 3 is 2.11 bits per heavy atom. The summed E-state index contributed by atoms with van der Waals surface area (Å²) >= 11 is 0. The molecule has 0 aliphatic carbocycles. The second-order valence-corrected chi connectivity index (χ2v) is 9.95. The summed E-state index contributed by atoms with van der Waals surface area (Å²) < 4.78 is 5.48. The summed E-state index contributed by atoms with van der Waals surface area (Å²) in [7, 11) is 0. The van der Waals surface area contributed by atoms with Gasteiger partial charge in [0.05, 0.1) is 5.54 Å². The summed E-state index contributed by atoms with van der Waals surface area (Å²) in [5.41, 5.74) is -1.03. The van der Waals surface area contributed by atoms with E-state index in [9.17, 15) is 9.59 Å². The van der Waals surface area contributed by atoms with Gasteiger partial charge >= 0.3 is 6.09 Å². The molecule has 3 fully saturated rings. The molecule has 160 valence electrons. The van der Waals surface area contributed by atoms with Crippen LogP contribution in [0.25, 0.3) is 0 Å². The first kappa shape index (κ1) is 21.4. The molecule has 0 radical (unpaired) electrons. The van der Waals surface area contributed by atoms with Crippen LogP contribution in [-0.2, 0) is 9.53 Å². The van der Waals surface area contributed by atoms with Gasteiger partial charge in [0.15, 0.2) is 0 Å². The Bertz CT molecular complexity index is 579. The van der Waals surface area contributed by atoms with Gasteiger partial charge in [-0.3, -0.25) is 14.6 Å². The third kappa shape index (κ3) is 4.79. The van der Waals surface area contributed by atoms with Crippen LogP contribution in [0.5, 0.6) is 0 Å². The van der Waals surface area contributed by atoms with E-state index in [4.69, 9.17) is 4.74 Å². The second-order valence-electron chi connectivity index (χ2n) is 9.95. The molecule has 3 rings (SSSR count). The second kappa shape index (κ2) is 8.19. The highest BCUT2D eigenvalue weighted by atomic mass is 16.6. The lowest BCUT2D eigenvalue weighted by Gasteiger charge is -2.48. The minimum Gasteiger partial charge on any atom is -0.444 e. The minimum absolute atomic E-state index is 0.225. The fraction of sp³-hybridized carbons (Fsp3) is 0.905. The van der Waals surface area contributed by atoms with Gasteiger partial charge in [-0.2, -0.15) is 0 Å². The molecule has 0 spiro atoms. The van der Waals surface area contributed by atoms with Crippen molar-refractivity contribution in [2.75, 3.05) is 52.4 Å². The molecule has 3 heterocycles. The van der Waals surface area contributed by atoms with Crippen LogP contribution in [0.3, 0.4) is 0 Å². The van der Waals surface area contributed by atoms with Crippen LogP contribution in [0.4, 0.5) is 4.79 Å². The van der Waals surface area contributed by atoms with E-state index in [-0.39, 0.29) is 12.0 Å². The van der Waals surface area contributed by atoms with E-state index in [1.54, 1.807) is 4.90 Å². The summed E-state index contributed by atoms with van der Waals surface area (Å²) in [5, 5.41) is 0. The maximum atomic E-state index is 13.4. The van der Waals surface area contributed by atoms with E-state index in [1.165, 1.54) is 25.8 Å². The number of piperidine rings is 1.